The van der Waals surface area contributed by atoms with E-state index in [0.29, 0.717) is 43.2 Å². The zero-order chi connectivity index (χ0) is 29.1. The van der Waals surface area contributed by atoms with Crippen LogP contribution in [0.5, 0.6) is 11.5 Å². The number of methoxy groups -OCH3 is 3. The van der Waals surface area contributed by atoms with Crippen molar-refractivity contribution < 1.29 is 37.0 Å². The summed E-state index contributed by atoms with van der Waals surface area (Å²) in [5.74, 6) is -0.679. The molecule has 13 heteroatoms. The minimum Gasteiger partial charge on any atom is -0.493 e. The monoisotopic (exact) mass is 570 g/mol. The van der Waals surface area contributed by atoms with Crippen LogP contribution in [0.15, 0.2) is 65.7 Å². The number of rotatable bonds is 13. The van der Waals surface area contributed by atoms with Crippen LogP contribution >= 0.6 is 0 Å². The number of ether oxygens (including phenoxy) is 3. The molecule has 212 valence electrons. The number of nitrogens with zero attached hydrogens (tertiary/aromatic N) is 1. The highest BCUT2D eigenvalue weighted by Gasteiger charge is 2.19. The number of hydrogen-bond donors (Lipinski definition) is 3. The lowest BCUT2D eigenvalue weighted by atomic mass is 10.1. The highest BCUT2D eigenvalue weighted by Crippen LogP contribution is 2.27. The van der Waals surface area contributed by atoms with Gasteiger partial charge < -0.3 is 24.8 Å². The number of nitrogens with one attached hydrogen (secondary N) is 3. The predicted molar refractivity (Wildman–Crippen MR) is 145 cm³/mol. The highest BCUT2D eigenvalue weighted by atomic mass is 32.2. The Morgan fingerprint density at radius 3 is 2.08 bits per heavy atom. The summed E-state index contributed by atoms with van der Waals surface area (Å²) in [6.07, 6.45) is 1.57. The molecule has 3 rings (SSSR count). The lowest BCUT2D eigenvalue weighted by Crippen LogP contribution is -2.31. The fourth-order valence-corrected chi connectivity index (χ4v) is 4.47. The minimum atomic E-state index is -4.16. The Labute approximate surface area is 232 Å². The van der Waals surface area contributed by atoms with E-state index in [1.165, 1.54) is 45.6 Å². The number of carbonyl (C=O) groups is 3. The third-order valence-corrected chi connectivity index (χ3v) is 7.00. The van der Waals surface area contributed by atoms with E-state index in [1.807, 2.05) is 4.72 Å². The van der Waals surface area contributed by atoms with Gasteiger partial charge in [-0.2, -0.15) is 0 Å². The van der Waals surface area contributed by atoms with Crippen molar-refractivity contribution in [2.45, 2.75) is 11.3 Å². The molecule has 3 N–H and O–H groups in total. The molecule has 1 heterocycles. The number of carbonyl (C=O) groups excluding carboxylic acids is 3. The molecule has 0 aliphatic heterocycles. The van der Waals surface area contributed by atoms with Gasteiger partial charge in [0, 0.05) is 32.0 Å². The second kappa shape index (κ2) is 14.1. The summed E-state index contributed by atoms with van der Waals surface area (Å²) in [6, 6.07) is 13.4. The second-order valence-electron chi connectivity index (χ2n) is 8.34. The van der Waals surface area contributed by atoms with Crippen molar-refractivity contribution in [2.75, 3.05) is 41.0 Å². The summed E-state index contributed by atoms with van der Waals surface area (Å²) in [6.45, 7) is 0.940. The maximum atomic E-state index is 12.7. The topological polar surface area (TPSA) is 162 Å². The molecule has 0 saturated heterocycles. The molecule has 2 aromatic carbocycles. The third-order valence-electron chi connectivity index (χ3n) is 5.66. The van der Waals surface area contributed by atoms with Crippen LogP contribution in [0.3, 0.4) is 0 Å². The molecule has 0 saturated carbocycles. The van der Waals surface area contributed by atoms with Crippen molar-refractivity contribution >= 4 is 27.7 Å². The van der Waals surface area contributed by atoms with E-state index in [9.17, 15) is 22.8 Å². The van der Waals surface area contributed by atoms with Gasteiger partial charge in [0.25, 0.3) is 27.7 Å². The fraction of sp³-hybridized carbons (Fsp3) is 0.259. The van der Waals surface area contributed by atoms with Crippen LogP contribution in [0.4, 0.5) is 0 Å². The van der Waals surface area contributed by atoms with Gasteiger partial charge in [-0.05, 0) is 54.4 Å². The number of aromatic nitrogens is 1. The van der Waals surface area contributed by atoms with E-state index in [0.717, 1.165) is 11.8 Å². The number of hydrogen-bond acceptors (Lipinski definition) is 9. The van der Waals surface area contributed by atoms with Crippen LogP contribution in [0, 0.1) is 0 Å². The largest absolute Gasteiger partial charge is 0.493 e. The first-order chi connectivity index (χ1) is 19.2. The Morgan fingerprint density at radius 1 is 0.775 bits per heavy atom. The number of pyridine rings is 1. The molecule has 12 nitrogen and oxygen atoms in total. The smallest absolute Gasteiger partial charge is 0.269 e. The quantitative estimate of drug-likeness (QED) is 0.259. The standard InChI is InChI=1S/C27H30N4O8S/c1-37-15-14-29-27(34)22-10-6-20(17-30-22)26(33)31-40(35,36)21-8-4-18(5-9-21)12-13-28-25(32)19-7-11-23(38-2)24(16-19)39-3/h4-11,16-17H,12-15H2,1-3H3,(H,28,32)(H,29,34)(H,31,33). The normalized spacial score (nSPS) is 10.9. The molecule has 3 amide bonds. The molecular weight excluding hydrogens is 540 g/mol. The van der Waals surface area contributed by atoms with E-state index >= 15 is 0 Å². The SMILES string of the molecule is COCCNC(=O)c1ccc(C(=O)NS(=O)(=O)c2ccc(CCNC(=O)c3ccc(OC)c(OC)c3)cc2)cn1. The Morgan fingerprint density at radius 2 is 1.45 bits per heavy atom. The number of amides is 3. The van der Waals surface area contributed by atoms with Gasteiger partial charge >= 0.3 is 0 Å². The van der Waals surface area contributed by atoms with E-state index in [4.69, 9.17) is 14.2 Å². The molecule has 0 radical (unpaired) electrons. The first-order valence-corrected chi connectivity index (χ1v) is 13.6. The molecule has 40 heavy (non-hydrogen) atoms. The van der Waals surface area contributed by atoms with Gasteiger partial charge in [-0.3, -0.25) is 19.4 Å². The van der Waals surface area contributed by atoms with Gasteiger partial charge in [-0.25, -0.2) is 13.1 Å². The van der Waals surface area contributed by atoms with Gasteiger partial charge in [0.2, 0.25) is 0 Å². The molecule has 3 aromatic rings. The van der Waals surface area contributed by atoms with Crippen molar-refractivity contribution in [3.8, 4) is 11.5 Å². The maximum absolute atomic E-state index is 12.7. The molecule has 0 bridgehead atoms. The highest BCUT2D eigenvalue weighted by molar-refractivity contribution is 7.90. The van der Waals surface area contributed by atoms with Crippen LogP contribution in [0.2, 0.25) is 0 Å². The lowest BCUT2D eigenvalue weighted by molar-refractivity contribution is 0.0927. The molecule has 0 aliphatic carbocycles. The average molecular weight is 571 g/mol. The van der Waals surface area contributed by atoms with E-state index in [-0.39, 0.29) is 22.1 Å². The zero-order valence-electron chi connectivity index (χ0n) is 22.2. The number of sulfonamides is 1. The van der Waals surface area contributed by atoms with Crippen molar-refractivity contribution in [3.05, 3.63) is 83.2 Å². The van der Waals surface area contributed by atoms with Gasteiger partial charge in [0.05, 0.1) is 31.3 Å². The van der Waals surface area contributed by atoms with Crippen LogP contribution in [0.1, 0.15) is 36.8 Å². The van der Waals surface area contributed by atoms with Crippen molar-refractivity contribution in [1.82, 2.24) is 20.3 Å². The first-order valence-electron chi connectivity index (χ1n) is 12.1. The van der Waals surface area contributed by atoms with Crippen molar-refractivity contribution in [1.29, 1.82) is 0 Å². The van der Waals surface area contributed by atoms with Crippen LogP contribution in [0.25, 0.3) is 0 Å². The first kappa shape index (κ1) is 30.1. The summed E-state index contributed by atoms with van der Waals surface area (Å²) in [5.41, 5.74) is 1.23. The van der Waals surface area contributed by atoms with E-state index in [1.54, 1.807) is 30.3 Å². The number of benzene rings is 2. The lowest BCUT2D eigenvalue weighted by Gasteiger charge is -2.10. The Bertz CT molecular complexity index is 1440. The van der Waals surface area contributed by atoms with Crippen molar-refractivity contribution in [3.63, 3.8) is 0 Å². The fourth-order valence-electron chi connectivity index (χ4n) is 3.49. The minimum absolute atomic E-state index is 0.0288. The van der Waals surface area contributed by atoms with Crippen LogP contribution < -0.4 is 24.8 Å². The zero-order valence-corrected chi connectivity index (χ0v) is 23.0. The maximum Gasteiger partial charge on any atom is 0.269 e. The molecule has 0 fully saturated rings. The third kappa shape index (κ3) is 8.01. The molecule has 0 unspecified atom stereocenters. The summed E-state index contributed by atoms with van der Waals surface area (Å²) >= 11 is 0. The van der Waals surface area contributed by atoms with Gasteiger partial charge in [-0.15, -0.1) is 0 Å². The average Bonchev–Trinajstić information content (AvgIpc) is 2.96. The molecular formula is C27H30N4O8S. The van der Waals surface area contributed by atoms with Crippen LogP contribution in [-0.4, -0.2) is 72.1 Å². The summed E-state index contributed by atoms with van der Waals surface area (Å²) in [7, 11) is 0.336. The molecule has 0 spiro atoms. The predicted octanol–water partition coefficient (Wildman–Crippen LogP) is 1.57. The van der Waals surface area contributed by atoms with Crippen molar-refractivity contribution in [2.24, 2.45) is 0 Å². The van der Waals surface area contributed by atoms with Gasteiger partial charge in [0.1, 0.15) is 5.69 Å². The van der Waals surface area contributed by atoms with Gasteiger partial charge in [0.15, 0.2) is 11.5 Å². The molecule has 1 aromatic heterocycles. The van der Waals surface area contributed by atoms with E-state index < -0.39 is 21.8 Å². The summed E-state index contributed by atoms with van der Waals surface area (Å²) < 4.78 is 42.6. The van der Waals surface area contributed by atoms with Crippen LogP contribution in [-0.2, 0) is 21.2 Å². The Hall–Kier alpha value is -4.49. The summed E-state index contributed by atoms with van der Waals surface area (Å²) in [4.78, 5) is 40.8. The molecule has 0 atom stereocenters. The Kier molecular flexibility index (Phi) is 10.6. The molecule has 0 aliphatic rings. The summed E-state index contributed by atoms with van der Waals surface area (Å²) in [5, 5.41) is 5.40. The second-order valence-corrected chi connectivity index (χ2v) is 10.0. The van der Waals surface area contributed by atoms with E-state index in [2.05, 4.69) is 15.6 Å². The van der Waals surface area contributed by atoms with Gasteiger partial charge in [-0.1, -0.05) is 12.1 Å². The Balaban J connectivity index is 1.53.